The Balaban J connectivity index is 2.11. The van der Waals surface area contributed by atoms with Gasteiger partial charge < -0.3 is 10.2 Å². The van der Waals surface area contributed by atoms with Crippen LogP contribution in [0, 0.1) is 6.92 Å². The van der Waals surface area contributed by atoms with Crippen LogP contribution in [-0.4, -0.2) is 34.2 Å². The van der Waals surface area contributed by atoms with Gasteiger partial charge in [0, 0.05) is 50.2 Å². The van der Waals surface area contributed by atoms with Crippen molar-refractivity contribution in [3.05, 3.63) is 47.3 Å². The van der Waals surface area contributed by atoms with E-state index in [-0.39, 0.29) is 5.91 Å². The first-order chi connectivity index (χ1) is 10.0. The molecule has 2 rings (SSSR count). The minimum atomic E-state index is 0.0272. The number of benzene rings is 1. The minimum absolute atomic E-state index is 0.0272. The first-order valence-electron chi connectivity index (χ1n) is 7.08. The first-order valence-corrected chi connectivity index (χ1v) is 7.08. The Hall–Kier alpha value is -2.30. The third-order valence-corrected chi connectivity index (χ3v) is 3.36. The van der Waals surface area contributed by atoms with Crippen molar-refractivity contribution in [2.24, 2.45) is 7.05 Å². The molecule has 0 aliphatic carbocycles. The lowest BCUT2D eigenvalue weighted by molar-refractivity contribution is 0.0784. The van der Waals surface area contributed by atoms with Crippen molar-refractivity contribution < 1.29 is 4.79 Å². The number of hydrogen-bond acceptors (Lipinski definition) is 3. The second kappa shape index (κ2) is 6.43. The van der Waals surface area contributed by atoms with Gasteiger partial charge in [-0.2, -0.15) is 5.10 Å². The van der Waals surface area contributed by atoms with Crippen LogP contribution in [0.25, 0.3) is 0 Å². The van der Waals surface area contributed by atoms with E-state index in [2.05, 4.69) is 17.3 Å². The van der Waals surface area contributed by atoms with Crippen LogP contribution in [0.5, 0.6) is 0 Å². The molecule has 0 saturated carbocycles. The number of rotatable bonds is 5. The fourth-order valence-electron chi connectivity index (χ4n) is 2.32. The number of amides is 1. The zero-order valence-corrected chi connectivity index (χ0v) is 13.1. The van der Waals surface area contributed by atoms with Gasteiger partial charge in [0.1, 0.15) is 0 Å². The normalized spacial score (nSPS) is 10.5. The summed E-state index contributed by atoms with van der Waals surface area (Å²) in [5.41, 5.74) is 3.79. The third-order valence-electron chi connectivity index (χ3n) is 3.36. The van der Waals surface area contributed by atoms with Gasteiger partial charge in [-0.15, -0.1) is 0 Å². The van der Waals surface area contributed by atoms with Gasteiger partial charge in [0.15, 0.2) is 0 Å². The van der Waals surface area contributed by atoms with Crippen LogP contribution >= 0.6 is 0 Å². The number of aryl methyl sites for hydroxylation is 2. The molecule has 1 amide bonds. The van der Waals surface area contributed by atoms with E-state index in [9.17, 15) is 4.79 Å². The fraction of sp³-hybridized carbons (Fsp3) is 0.375. The second-order valence-corrected chi connectivity index (χ2v) is 5.24. The summed E-state index contributed by atoms with van der Waals surface area (Å²) in [6.07, 6.45) is 3.70. The van der Waals surface area contributed by atoms with Gasteiger partial charge in [0.2, 0.25) is 0 Å². The van der Waals surface area contributed by atoms with E-state index in [4.69, 9.17) is 0 Å². The third kappa shape index (κ3) is 3.62. The quantitative estimate of drug-likeness (QED) is 0.918. The number of nitrogens with zero attached hydrogens (tertiary/aromatic N) is 3. The van der Waals surface area contributed by atoms with E-state index >= 15 is 0 Å². The topological polar surface area (TPSA) is 50.2 Å². The molecule has 112 valence electrons. The molecule has 5 nitrogen and oxygen atoms in total. The van der Waals surface area contributed by atoms with Gasteiger partial charge in [0.25, 0.3) is 5.91 Å². The molecule has 1 aromatic heterocycles. The van der Waals surface area contributed by atoms with Gasteiger partial charge in [0.05, 0.1) is 6.20 Å². The molecular formula is C16H22N4O. The van der Waals surface area contributed by atoms with Crippen LogP contribution in [-0.2, 0) is 13.6 Å². The maximum absolute atomic E-state index is 12.5. The monoisotopic (exact) mass is 286 g/mol. The maximum atomic E-state index is 12.5. The van der Waals surface area contributed by atoms with E-state index in [0.29, 0.717) is 6.54 Å². The van der Waals surface area contributed by atoms with Gasteiger partial charge in [-0.05, 0) is 37.6 Å². The average molecular weight is 286 g/mol. The van der Waals surface area contributed by atoms with Crippen molar-refractivity contribution in [3.63, 3.8) is 0 Å². The van der Waals surface area contributed by atoms with Gasteiger partial charge in [-0.25, -0.2) is 0 Å². The van der Waals surface area contributed by atoms with Crippen molar-refractivity contribution in [1.82, 2.24) is 14.7 Å². The van der Waals surface area contributed by atoms with Gasteiger partial charge in [-0.1, -0.05) is 0 Å². The fourth-order valence-corrected chi connectivity index (χ4v) is 2.32. The molecule has 0 spiro atoms. The minimum Gasteiger partial charge on any atom is -0.385 e. The lowest BCUT2D eigenvalue weighted by Crippen LogP contribution is -2.26. The lowest BCUT2D eigenvalue weighted by atomic mass is 10.1. The van der Waals surface area contributed by atoms with Crippen molar-refractivity contribution >= 4 is 11.6 Å². The standard InChI is InChI=1S/C16H22N4O/c1-5-17-14-6-7-15(12(2)8-14)16(21)19(3)10-13-9-18-20(4)11-13/h6-9,11,17H,5,10H2,1-4H3. The second-order valence-electron chi connectivity index (χ2n) is 5.24. The summed E-state index contributed by atoms with van der Waals surface area (Å²) in [6, 6.07) is 5.84. The largest absolute Gasteiger partial charge is 0.385 e. The zero-order valence-electron chi connectivity index (χ0n) is 13.1. The van der Waals surface area contributed by atoms with Crippen molar-refractivity contribution in [2.75, 3.05) is 18.9 Å². The smallest absolute Gasteiger partial charge is 0.254 e. The molecule has 0 unspecified atom stereocenters. The Labute approximate surface area is 125 Å². The Morgan fingerprint density at radius 2 is 2.19 bits per heavy atom. The molecular weight excluding hydrogens is 264 g/mol. The Morgan fingerprint density at radius 1 is 1.43 bits per heavy atom. The number of carbonyl (C=O) groups excluding carboxylic acids is 1. The number of nitrogens with one attached hydrogen (secondary N) is 1. The maximum Gasteiger partial charge on any atom is 0.254 e. The molecule has 0 bridgehead atoms. The first kappa shape index (κ1) is 15.1. The van der Waals surface area contributed by atoms with Crippen LogP contribution in [0.1, 0.15) is 28.4 Å². The number of hydrogen-bond donors (Lipinski definition) is 1. The molecule has 21 heavy (non-hydrogen) atoms. The predicted octanol–water partition coefficient (Wildman–Crippen LogP) is 2.43. The summed E-state index contributed by atoms with van der Waals surface area (Å²) in [6.45, 7) is 5.44. The molecule has 0 fully saturated rings. The molecule has 1 N–H and O–H groups in total. The summed E-state index contributed by atoms with van der Waals surface area (Å²) in [4.78, 5) is 14.2. The van der Waals surface area contributed by atoms with Crippen LogP contribution in [0.2, 0.25) is 0 Å². The highest BCUT2D eigenvalue weighted by Gasteiger charge is 2.15. The Bertz CT molecular complexity index is 633. The van der Waals surface area contributed by atoms with Crippen LogP contribution in [0.15, 0.2) is 30.6 Å². The average Bonchev–Trinajstić information content (AvgIpc) is 2.84. The summed E-state index contributed by atoms with van der Waals surface area (Å²) in [7, 11) is 3.68. The summed E-state index contributed by atoms with van der Waals surface area (Å²) in [5.74, 6) is 0.0272. The molecule has 5 heteroatoms. The van der Waals surface area contributed by atoms with Gasteiger partial charge >= 0.3 is 0 Å². The van der Waals surface area contributed by atoms with E-state index in [0.717, 1.165) is 28.9 Å². The molecule has 0 aliphatic heterocycles. The highest BCUT2D eigenvalue weighted by Crippen LogP contribution is 2.17. The predicted molar refractivity (Wildman–Crippen MR) is 84.3 cm³/mol. The lowest BCUT2D eigenvalue weighted by Gasteiger charge is -2.18. The van der Waals surface area contributed by atoms with Crippen LogP contribution < -0.4 is 5.32 Å². The highest BCUT2D eigenvalue weighted by molar-refractivity contribution is 5.95. The van der Waals surface area contributed by atoms with Crippen molar-refractivity contribution in [3.8, 4) is 0 Å². The molecule has 1 heterocycles. The Morgan fingerprint density at radius 3 is 2.76 bits per heavy atom. The van der Waals surface area contributed by atoms with Crippen molar-refractivity contribution in [2.45, 2.75) is 20.4 Å². The summed E-state index contributed by atoms with van der Waals surface area (Å²) in [5, 5.41) is 7.37. The molecule has 0 radical (unpaired) electrons. The van der Waals surface area contributed by atoms with E-state index in [1.54, 1.807) is 15.8 Å². The molecule has 2 aromatic rings. The molecule has 0 saturated heterocycles. The van der Waals surface area contributed by atoms with E-state index < -0.39 is 0 Å². The van der Waals surface area contributed by atoms with E-state index in [1.165, 1.54) is 0 Å². The molecule has 1 aromatic carbocycles. The van der Waals surface area contributed by atoms with Crippen LogP contribution in [0.4, 0.5) is 5.69 Å². The SMILES string of the molecule is CCNc1ccc(C(=O)N(C)Cc2cnn(C)c2)c(C)c1. The number of carbonyl (C=O) groups is 1. The van der Waals surface area contributed by atoms with Crippen molar-refractivity contribution in [1.29, 1.82) is 0 Å². The number of anilines is 1. The van der Waals surface area contributed by atoms with Crippen LogP contribution in [0.3, 0.4) is 0 Å². The molecule has 0 atom stereocenters. The summed E-state index contributed by atoms with van der Waals surface area (Å²) < 4.78 is 1.74. The zero-order chi connectivity index (χ0) is 15.4. The Kier molecular flexibility index (Phi) is 4.62. The van der Waals surface area contributed by atoms with Gasteiger partial charge in [-0.3, -0.25) is 9.48 Å². The molecule has 0 aliphatic rings. The van der Waals surface area contributed by atoms with E-state index in [1.807, 2.05) is 45.4 Å². The number of aromatic nitrogens is 2. The summed E-state index contributed by atoms with van der Waals surface area (Å²) >= 11 is 0. The highest BCUT2D eigenvalue weighted by atomic mass is 16.2.